The van der Waals surface area contributed by atoms with Crippen LogP contribution < -0.4 is 21.7 Å². The number of nitrogens with two attached hydrogens (primary N) is 2. The molecule has 3 fully saturated rings. The van der Waals surface area contributed by atoms with Crippen molar-refractivity contribution in [1.82, 2.24) is 24.8 Å². The molecule has 0 aromatic carbocycles. The number of hydrogen-bond donors (Lipinski definition) is 3. The van der Waals surface area contributed by atoms with Gasteiger partial charge in [0.1, 0.15) is 5.82 Å². The molecule has 186 valence electrons. The molecule has 1 saturated carbocycles. The van der Waals surface area contributed by atoms with Gasteiger partial charge in [0.2, 0.25) is 5.91 Å². The fourth-order valence-corrected chi connectivity index (χ4v) is 5.93. The van der Waals surface area contributed by atoms with Crippen molar-refractivity contribution < 1.29 is 4.79 Å². The van der Waals surface area contributed by atoms with Crippen molar-refractivity contribution in [1.29, 1.82) is 0 Å². The lowest BCUT2D eigenvalue weighted by Crippen LogP contribution is -2.47. The van der Waals surface area contributed by atoms with Crippen molar-refractivity contribution >= 4 is 17.4 Å². The summed E-state index contributed by atoms with van der Waals surface area (Å²) >= 11 is 0. The summed E-state index contributed by atoms with van der Waals surface area (Å²) in [6.07, 6.45) is 11.1. The molecule has 5 rings (SSSR count). The lowest BCUT2D eigenvalue weighted by Gasteiger charge is -2.37. The first-order chi connectivity index (χ1) is 16.5. The van der Waals surface area contributed by atoms with Crippen LogP contribution in [0.25, 0.3) is 5.65 Å². The highest BCUT2D eigenvalue weighted by Gasteiger charge is 2.34. The molecule has 2 saturated heterocycles. The minimum atomic E-state index is -0.190. The summed E-state index contributed by atoms with van der Waals surface area (Å²) in [7, 11) is 0. The molecule has 1 unspecified atom stereocenters. The molecule has 34 heavy (non-hydrogen) atoms. The molecule has 2 aliphatic heterocycles. The van der Waals surface area contributed by atoms with Gasteiger partial charge in [-0.25, -0.2) is 9.50 Å². The van der Waals surface area contributed by atoms with Crippen LogP contribution >= 0.6 is 0 Å². The van der Waals surface area contributed by atoms with Gasteiger partial charge in [-0.2, -0.15) is 5.10 Å². The first-order valence-corrected chi connectivity index (χ1v) is 13.1. The van der Waals surface area contributed by atoms with Crippen LogP contribution in [0.15, 0.2) is 12.3 Å². The van der Waals surface area contributed by atoms with Gasteiger partial charge in [0.15, 0.2) is 5.65 Å². The Hall–Kier alpha value is -2.23. The average molecular weight is 469 g/mol. The number of carbonyl (C=O) groups is 1. The normalized spacial score (nSPS) is 24.9. The minimum absolute atomic E-state index is 0.0209. The number of rotatable bonds is 7. The van der Waals surface area contributed by atoms with E-state index in [1.807, 2.05) is 15.6 Å². The Morgan fingerprint density at radius 3 is 2.71 bits per heavy atom. The van der Waals surface area contributed by atoms with Crippen LogP contribution in [-0.2, 0) is 4.79 Å². The second kappa shape index (κ2) is 10.2. The lowest BCUT2D eigenvalue weighted by atomic mass is 9.96. The SMILES string of the molecule is Cc1cn2nc([C@@H]3CCCCN3C(=O)C(CN)CNC3CCCC3)cc2nc1N1CC[C@H](N)C1. The van der Waals surface area contributed by atoms with Crippen molar-refractivity contribution in [2.45, 2.75) is 76.4 Å². The van der Waals surface area contributed by atoms with E-state index in [0.29, 0.717) is 19.1 Å². The smallest absolute Gasteiger partial charge is 0.228 e. The zero-order valence-corrected chi connectivity index (χ0v) is 20.5. The Balaban J connectivity index is 1.35. The summed E-state index contributed by atoms with van der Waals surface area (Å²) in [4.78, 5) is 22.8. The molecule has 2 aromatic rings. The van der Waals surface area contributed by atoms with E-state index in [9.17, 15) is 4.79 Å². The highest BCUT2D eigenvalue weighted by molar-refractivity contribution is 5.80. The van der Waals surface area contributed by atoms with Gasteiger partial charge in [0, 0.05) is 62.6 Å². The number of nitrogens with zero attached hydrogens (tertiary/aromatic N) is 5. The number of anilines is 1. The van der Waals surface area contributed by atoms with Crippen LogP contribution in [0.4, 0.5) is 5.82 Å². The Morgan fingerprint density at radius 2 is 1.97 bits per heavy atom. The van der Waals surface area contributed by atoms with Gasteiger partial charge in [-0.05, 0) is 45.4 Å². The first kappa shape index (κ1) is 23.5. The predicted octanol–water partition coefficient (Wildman–Crippen LogP) is 1.74. The molecular weight excluding hydrogens is 428 g/mol. The maximum Gasteiger partial charge on any atom is 0.228 e. The zero-order chi connectivity index (χ0) is 23.7. The van der Waals surface area contributed by atoms with Crippen molar-refractivity contribution in [2.24, 2.45) is 17.4 Å². The molecular formula is C25H40N8O. The highest BCUT2D eigenvalue weighted by atomic mass is 16.2. The van der Waals surface area contributed by atoms with E-state index in [2.05, 4.69) is 23.2 Å². The maximum atomic E-state index is 13.6. The highest BCUT2D eigenvalue weighted by Crippen LogP contribution is 2.32. The number of fused-ring (bicyclic) bond motifs is 1. The van der Waals surface area contributed by atoms with Gasteiger partial charge in [0.05, 0.1) is 17.7 Å². The van der Waals surface area contributed by atoms with Crippen molar-refractivity contribution in [3.8, 4) is 0 Å². The molecule has 1 amide bonds. The van der Waals surface area contributed by atoms with E-state index in [4.69, 9.17) is 21.5 Å². The molecule has 9 nitrogen and oxygen atoms in total. The lowest BCUT2D eigenvalue weighted by molar-refractivity contribution is -0.139. The first-order valence-electron chi connectivity index (χ1n) is 13.1. The fourth-order valence-electron chi connectivity index (χ4n) is 5.93. The third-order valence-electron chi connectivity index (χ3n) is 7.92. The van der Waals surface area contributed by atoms with Gasteiger partial charge >= 0.3 is 0 Å². The van der Waals surface area contributed by atoms with Crippen LogP contribution in [0.1, 0.15) is 68.7 Å². The summed E-state index contributed by atoms with van der Waals surface area (Å²) < 4.78 is 1.86. The van der Waals surface area contributed by atoms with Crippen LogP contribution in [0.2, 0.25) is 0 Å². The summed E-state index contributed by atoms with van der Waals surface area (Å²) in [5, 5.41) is 8.48. The van der Waals surface area contributed by atoms with E-state index in [1.165, 1.54) is 25.7 Å². The van der Waals surface area contributed by atoms with Crippen LogP contribution in [0.5, 0.6) is 0 Å². The standard InChI is InChI=1S/C25H40N8O/c1-17-15-33-23(29-24(17)31-11-9-19(27)16-31)12-21(30-33)22-8-4-5-10-32(22)25(34)18(13-26)14-28-20-6-2-3-7-20/h12,15,18-20,22,28H,2-11,13-14,16,26-27H2,1H3/t18?,19-,22-/m0/s1. The molecule has 4 heterocycles. The Labute approximate surface area is 202 Å². The third-order valence-corrected chi connectivity index (χ3v) is 7.92. The summed E-state index contributed by atoms with van der Waals surface area (Å²) in [5.74, 6) is 0.958. The van der Waals surface area contributed by atoms with Gasteiger partial charge in [-0.15, -0.1) is 0 Å². The van der Waals surface area contributed by atoms with E-state index < -0.39 is 0 Å². The maximum absolute atomic E-state index is 13.6. The molecule has 9 heteroatoms. The molecule has 0 spiro atoms. The van der Waals surface area contributed by atoms with Crippen LogP contribution in [0, 0.1) is 12.8 Å². The summed E-state index contributed by atoms with van der Waals surface area (Å²) in [6, 6.07) is 2.78. The second-order valence-corrected chi connectivity index (χ2v) is 10.5. The topological polar surface area (TPSA) is 118 Å². The van der Waals surface area contributed by atoms with E-state index in [-0.39, 0.29) is 23.9 Å². The molecule has 5 N–H and O–H groups in total. The van der Waals surface area contributed by atoms with Gasteiger partial charge < -0.3 is 26.6 Å². The number of amides is 1. The third kappa shape index (κ3) is 4.78. The number of aryl methyl sites for hydroxylation is 1. The molecule has 1 aliphatic carbocycles. The number of likely N-dealkylation sites (tertiary alicyclic amines) is 1. The second-order valence-electron chi connectivity index (χ2n) is 10.5. The van der Waals surface area contributed by atoms with Gasteiger partial charge in [-0.1, -0.05) is 12.8 Å². The van der Waals surface area contributed by atoms with Gasteiger partial charge in [-0.3, -0.25) is 4.79 Å². The molecule has 2 aromatic heterocycles. The minimum Gasteiger partial charge on any atom is -0.355 e. The quantitative estimate of drug-likeness (QED) is 0.566. The Kier molecular flexibility index (Phi) is 7.04. The summed E-state index contributed by atoms with van der Waals surface area (Å²) in [5.41, 5.74) is 15.1. The van der Waals surface area contributed by atoms with Crippen molar-refractivity contribution in [3.05, 3.63) is 23.5 Å². The van der Waals surface area contributed by atoms with E-state index in [0.717, 1.165) is 68.0 Å². The van der Waals surface area contributed by atoms with E-state index >= 15 is 0 Å². The number of nitrogens with one attached hydrogen (secondary N) is 1. The van der Waals surface area contributed by atoms with Crippen LogP contribution in [0.3, 0.4) is 0 Å². The van der Waals surface area contributed by atoms with Crippen molar-refractivity contribution in [2.75, 3.05) is 37.6 Å². The van der Waals surface area contributed by atoms with E-state index in [1.54, 1.807) is 0 Å². The molecule has 0 radical (unpaired) electrons. The number of carbonyl (C=O) groups excluding carboxylic acids is 1. The predicted molar refractivity (Wildman–Crippen MR) is 134 cm³/mol. The van der Waals surface area contributed by atoms with Crippen molar-refractivity contribution in [3.63, 3.8) is 0 Å². The van der Waals surface area contributed by atoms with Crippen LogP contribution in [-0.4, -0.2) is 70.2 Å². The monoisotopic (exact) mass is 468 g/mol. The average Bonchev–Trinajstić information content (AvgIpc) is 3.60. The molecule has 3 atom stereocenters. The number of piperidine rings is 1. The fraction of sp³-hybridized carbons (Fsp3) is 0.720. The largest absolute Gasteiger partial charge is 0.355 e. The Morgan fingerprint density at radius 1 is 1.18 bits per heavy atom. The number of aromatic nitrogens is 3. The molecule has 3 aliphatic rings. The number of hydrogen-bond acceptors (Lipinski definition) is 7. The Bertz CT molecular complexity index is 1000. The summed E-state index contributed by atoms with van der Waals surface area (Å²) in [6.45, 7) is 5.65. The zero-order valence-electron chi connectivity index (χ0n) is 20.5. The molecule has 0 bridgehead atoms. The van der Waals surface area contributed by atoms with Gasteiger partial charge in [0.25, 0.3) is 0 Å².